The molecule has 4 nitrogen and oxygen atoms in total. The van der Waals surface area contributed by atoms with Gasteiger partial charge in [0.05, 0.1) is 18.3 Å². The predicted octanol–water partition coefficient (Wildman–Crippen LogP) is 3.70. The number of nitrogens with zero attached hydrogens (tertiary/aromatic N) is 3. The van der Waals surface area contributed by atoms with E-state index in [1.807, 2.05) is 34.9 Å². The van der Waals surface area contributed by atoms with Crippen molar-refractivity contribution in [2.24, 2.45) is 10.4 Å². The van der Waals surface area contributed by atoms with E-state index in [9.17, 15) is 5.11 Å². The van der Waals surface area contributed by atoms with Crippen molar-refractivity contribution in [3.8, 4) is 11.8 Å². The van der Waals surface area contributed by atoms with Gasteiger partial charge >= 0.3 is 0 Å². The van der Waals surface area contributed by atoms with Gasteiger partial charge in [-0.25, -0.2) is 4.52 Å². The SMILES string of the molecule is CC1(C)CC2=NCC(C#Cc3cccc4ccnn34)=CC2=C(O)C1. The Bertz CT molecular complexity index is 977. The molecule has 0 spiro atoms. The summed E-state index contributed by atoms with van der Waals surface area (Å²) < 4.78 is 1.82. The van der Waals surface area contributed by atoms with Crippen molar-refractivity contribution < 1.29 is 5.11 Å². The van der Waals surface area contributed by atoms with E-state index in [0.717, 1.165) is 34.5 Å². The minimum absolute atomic E-state index is 0.0686. The van der Waals surface area contributed by atoms with Crippen molar-refractivity contribution in [1.29, 1.82) is 0 Å². The highest BCUT2D eigenvalue weighted by molar-refractivity contribution is 6.05. The Morgan fingerprint density at radius 2 is 2.04 bits per heavy atom. The normalized spacial score (nSPS) is 19.2. The lowest BCUT2D eigenvalue weighted by atomic mass is 9.75. The van der Waals surface area contributed by atoms with E-state index in [4.69, 9.17) is 0 Å². The second-order valence-electron chi connectivity index (χ2n) is 7.14. The van der Waals surface area contributed by atoms with Gasteiger partial charge in [0.1, 0.15) is 11.5 Å². The van der Waals surface area contributed by atoms with Crippen LogP contribution in [0.15, 0.2) is 58.4 Å². The van der Waals surface area contributed by atoms with Crippen molar-refractivity contribution >= 4 is 11.2 Å². The molecule has 1 aliphatic heterocycles. The van der Waals surface area contributed by atoms with Crippen LogP contribution in [-0.4, -0.2) is 27.0 Å². The van der Waals surface area contributed by atoms with Crippen molar-refractivity contribution in [2.75, 3.05) is 6.54 Å². The van der Waals surface area contributed by atoms with E-state index >= 15 is 0 Å². The molecule has 24 heavy (non-hydrogen) atoms. The summed E-state index contributed by atoms with van der Waals surface area (Å²) in [6, 6.07) is 7.88. The molecule has 0 aromatic carbocycles. The van der Waals surface area contributed by atoms with Crippen LogP contribution in [0.25, 0.3) is 5.52 Å². The molecular formula is C20H19N3O. The topological polar surface area (TPSA) is 49.9 Å². The highest BCUT2D eigenvalue weighted by Gasteiger charge is 2.31. The standard InChI is InChI=1S/C20H19N3O/c1-20(2)11-18-17(19(24)12-20)10-14(13-21-18)6-7-15-4-3-5-16-8-9-22-23(15)16/h3-5,8-10,24H,11-13H2,1-2H3. The third-order valence-electron chi connectivity index (χ3n) is 4.45. The van der Waals surface area contributed by atoms with Gasteiger partial charge in [0, 0.05) is 23.3 Å². The van der Waals surface area contributed by atoms with Gasteiger partial charge < -0.3 is 5.11 Å². The first-order valence-corrected chi connectivity index (χ1v) is 8.13. The molecule has 0 unspecified atom stereocenters. The minimum atomic E-state index is 0.0686. The average Bonchev–Trinajstić information content (AvgIpc) is 3.01. The first-order chi connectivity index (χ1) is 11.5. The molecule has 0 radical (unpaired) electrons. The molecule has 1 aliphatic carbocycles. The smallest absolute Gasteiger partial charge is 0.115 e. The quantitative estimate of drug-likeness (QED) is 0.753. The fraction of sp³-hybridized carbons (Fsp3) is 0.300. The van der Waals surface area contributed by atoms with Crippen molar-refractivity contribution in [3.63, 3.8) is 0 Å². The molecule has 0 fully saturated rings. The molecule has 4 rings (SSSR count). The summed E-state index contributed by atoms with van der Waals surface area (Å²) in [4.78, 5) is 4.65. The molecule has 2 aromatic rings. The Labute approximate surface area is 141 Å². The lowest BCUT2D eigenvalue weighted by Crippen LogP contribution is -2.27. The summed E-state index contributed by atoms with van der Waals surface area (Å²) in [7, 11) is 0. The maximum atomic E-state index is 10.3. The van der Waals surface area contributed by atoms with Gasteiger partial charge in [0.15, 0.2) is 0 Å². The van der Waals surface area contributed by atoms with E-state index in [0.29, 0.717) is 18.7 Å². The second-order valence-corrected chi connectivity index (χ2v) is 7.14. The lowest BCUT2D eigenvalue weighted by molar-refractivity contribution is 0.280. The summed E-state index contributed by atoms with van der Waals surface area (Å²) in [6.45, 7) is 4.89. The highest BCUT2D eigenvalue weighted by atomic mass is 16.3. The molecular weight excluding hydrogens is 298 g/mol. The van der Waals surface area contributed by atoms with E-state index in [1.165, 1.54) is 0 Å². The molecule has 3 heterocycles. The largest absolute Gasteiger partial charge is 0.512 e. The number of aliphatic hydroxyl groups excluding tert-OH is 1. The van der Waals surface area contributed by atoms with Crippen LogP contribution in [0.5, 0.6) is 0 Å². The van der Waals surface area contributed by atoms with Crippen LogP contribution >= 0.6 is 0 Å². The second kappa shape index (κ2) is 5.38. The molecule has 0 saturated carbocycles. The third-order valence-corrected chi connectivity index (χ3v) is 4.45. The summed E-state index contributed by atoms with van der Waals surface area (Å²) in [6.07, 6.45) is 5.34. The van der Waals surface area contributed by atoms with Crippen LogP contribution in [0, 0.1) is 17.3 Å². The number of aliphatic hydroxyl groups is 1. The number of rotatable bonds is 0. The van der Waals surface area contributed by atoms with Crippen LogP contribution in [0.4, 0.5) is 0 Å². The zero-order chi connectivity index (χ0) is 16.7. The number of aliphatic imine (C=N–C) groups is 1. The number of hydrogen-bond donors (Lipinski definition) is 1. The van der Waals surface area contributed by atoms with E-state index in [1.54, 1.807) is 6.20 Å². The molecule has 4 heteroatoms. The first kappa shape index (κ1) is 14.8. The zero-order valence-corrected chi connectivity index (χ0v) is 13.9. The maximum absolute atomic E-state index is 10.3. The van der Waals surface area contributed by atoms with Gasteiger partial charge in [-0.15, -0.1) is 0 Å². The van der Waals surface area contributed by atoms with Crippen molar-refractivity contribution in [2.45, 2.75) is 26.7 Å². The van der Waals surface area contributed by atoms with E-state index < -0.39 is 0 Å². The summed E-state index contributed by atoms with van der Waals surface area (Å²) in [5.41, 5.74) is 4.72. The van der Waals surface area contributed by atoms with Gasteiger partial charge in [-0.1, -0.05) is 25.8 Å². The van der Waals surface area contributed by atoms with E-state index in [-0.39, 0.29) is 5.41 Å². The van der Waals surface area contributed by atoms with Crippen LogP contribution in [-0.2, 0) is 0 Å². The van der Waals surface area contributed by atoms with E-state index in [2.05, 4.69) is 35.8 Å². The molecule has 2 aromatic heterocycles. The lowest BCUT2D eigenvalue weighted by Gasteiger charge is -2.32. The molecule has 1 N–H and O–H groups in total. The fourth-order valence-electron chi connectivity index (χ4n) is 3.30. The average molecular weight is 317 g/mol. The van der Waals surface area contributed by atoms with Gasteiger partial charge in [0.2, 0.25) is 0 Å². The van der Waals surface area contributed by atoms with Gasteiger partial charge in [-0.3, -0.25) is 4.99 Å². The Kier molecular flexibility index (Phi) is 3.31. The molecule has 0 bridgehead atoms. The predicted molar refractivity (Wildman–Crippen MR) is 95.1 cm³/mol. The minimum Gasteiger partial charge on any atom is -0.512 e. The van der Waals surface area contributed by atoms with Gasteiger partial charge in [-0.05, 0) is 42.0 Å². The summed E-state index contributed by atoms with van der Waals surface area (Å²) >= 11 is 0. The number of dihydropyridines is 1. The molecule has 120 valence electrons. The van der Waals surface area contributed by atoms with Crippen LogP contribution < -0.4 is 0 Å². The van der Waals surface area contributed by atoms with Crippen molar-refractivity contribution in [1.82, 2.24) is 9.61 Å². The van der Waals surface area contributed by atoms with Crippen LogP contribution in [0.1, 0.15) is 32.4 Å². The first-order valence-electron chi connectivity index (χ1n) is 8.13. The fourth-order valence-corrected chi connectivity index (χ4v) is 3.30. The number of pyridine rings is 1. The van der Waals surface area contributed by atoms with Gasteiger partial charge in [0.25, 0.3) is 0 Å². The molecule has 2 aliphatic rings. The molecule has 0 saturated heterocycles. The number of fused-ring (bicyclic) bond motifs is 2. The summed E-state index contributed by atoms with van der Waals surface area (Å²) in [5.74, 6) is 6.80. The van der Waals surface area contributed by atoms with Crippen LogP contribution in [0.3, 0.4) is 0 Å². The Morgan fingerprint density at radius 1 is 1.17 bits per heavy atom. The van der Waals surface area contributed by atoms with Crippen LogP contribution in [0.2, 0.25) is 0 Å². The molecule has 0 atom stereocenters. The van der Waals surface area contributed by atoms with Gasteiger partial charge in [-0.2, -0.15) is 5.10 Å². The summed E-state index contributed by atoms with van der Waals surface area (Å²) in [5, 5.41) is 14.6. The maximum Gasteiger partial charge on any atom is 0.115 e. The van der Waals surface area contributed by atoms with Crippen molar-refractivity contribution in [3.05, 3.63) is 59.1 Å². The Morgan fingerprint density at radius 3 is 2.92 bits per heavy atom. The zero-order valence-electron chi connectivity index (χ0n) is 13.9. The number of allylic oxidation sites excluding steroid dienone is 3. The Balaban J connectivity index is 1.68. The number of aromatic nitrogens is 2. The third kappa shape index (κ3) is 2.63. The number of hydrogen-bond acceptors (Lipinski definition) is 3. The Hall–Kier alpha value is -2.80. The highest BCUT2D eigenvalue weighted by Crippen LogP contribution is 2.38. The molecule has 0 amide bonds. The monoisotopic (exact) mass is 317 g/mol.